The van der Waals surface area contributed by atoms with Gasteiger partial charge >= 0.3 is 0 Å². The smallest absolute Gasteiger partial charge is 0.156 e. The molecule has 1 aliphatic rings. The molecule has 18 heavy (non-hydrogen) atoms. The minimum absolute atomic E-state index is 0.528. The van der Waals surface area contributed by atoms with E-state index in [0.717, 1.165) is 23.9 Å². The first kappa shape index (κ1) is 13.8. The fourth-order valence-electron chi connectivity index (χ4n) is 1.82. The van der Waals surface area contributed by atoms with E-state index in [1.54, 1.807) is 0 Å². The molecule has 98 valence electrons. The molecule has 1 aliphatic heterocycles. The Morgan fingerprint density at radius 3 is 2.94 bits per heavy atom. The summed E-state index contributed by atoms with van der Waals surface area (Å²) in [7, 11) is 0. The van der Waals surface area contributed by atoms with Crippen LogP contribution >= 0.6 is 23.5 Å². The van der Waals surface area contributed by atoms with Gasteiger partial charge in [-0.3, -0.25) is 4.99 Å². The van der Waals surface area contributed by atoms with Crippen LogP contribution in [0.5, 0.6) is 0 Å². The largest absolute Gasteiger partial charge is 0.361 e. The zero-order valence-electron chi connectivity index (χ0n) is 10.9. The Bertz CT molecular complexity index is 392. The van der Waals surface area contributed by atoms with E-state index in [1.807, 2.05) is 23.5 Å². The standard InChI is InChI=1S/C14H20N2S2/c1-11(17-2)9-15-14-16-13(10-18-14)8-12-6-4-3-5-7-12/h3-7,11,13H,8-10H2,1-2H3,(H,15,16). The summed E-state index contributed by atoms with van der Waals surface area (Å²) in [5.74, 6) is 1.13. The third-order valence-electron chi connectivity index (χ3n) is 2.97. The molecule has 4 heteroatoms. The number of rotatable bonds is 5. The molecule has 1 saturated heterocycles. The maximum Gasteiger partial charge on any atom is 0.156 e. The van der Waals surface area contributed by atoms with Crippen molar-refractivity contribution in [1.29, 1.82) is 0 Å². The predicted octanol–water partition coefficient (Wildman–Crippen LogP) is 3.04. The molecule has 2 atom stereocenters. The second kappa shape index (κ2) is 7.10. The van der Waals surface area contributed by atoms with E-state index in [2.05, 4.69) is 53.8 Å². The van der Waals surface area contributed by atoms with Crippen LogP contribution < -0.4 is 5.32 Å². The SMILES string of the molecule is CSC(C)CN=C1NC(Cc2ccccc2)CS1. The molecule has 1 fully saturated rings. The van der Waals surface area contributed by atoms with E-state index in [0.29, 0.717) is 11.3 Å². The highest BCUT2D eigenvalue weighted by atomic mass is 32.2. The molecule has 1 N–H and O–H groups in total. The Morgan fingerprint density at radius 2 is 2.22 bits per heavy atom. The number of amidine groups is 1. The molecular formula is C14H20N2S2. The number of hydrogen-bond acceptors (Lipinski definition) is 3. The number of benzene rings is 1. The molecule has 0 aromatic heterocycles. The number of nitrogens with one attached hydrogen (secondary N) is 1. The monoisotopic (exact) mass is 280 g/mol. The van der Waals surface area contributed by atoms with E-state index in [9.17, 15) is 0 Å². The number of thioether (sulfide) groups is 2. The lowest BCUT2D eigenvalue weighted by Gasteiger charge is -2.10. The summed E-state index contributed by atoms with van der Waals surface area (Å²) in [6.45, 7) is 3.13. The Morgan fingerprint density at radius 1 is 1.44 bits per heavy atom. The molecule has 0 aliphatic carbocycles. The van der Waals surface area contributed by atoms with Crippen LogP contribution in [0.1, 0.15) is 12.5 Å². The molecule has 1 aromatic rings. The Kier molecular flexibility index (Phi) is 5.45. The minimum Gasteiger partial charge on any atom is -0.361 e. The normalized spacial score (nSPS) is 23.0. The van der Waals surface area contributed by atoms with Gasteiger partial charge in [-0.2, -0.15) is 11.8 Å². The zero-order chi connectivity index (χ0) is 12.8. The molecule has 1 aromatic carbocycles. The van der Waals surface area contributed by atoms with Crippen molar-refractivity contribution < 1.29 is 0 Å². The molecule has 1 heterocycles. The van der Waals surface area contributed by atoms with Crippen molar-refractivity contribution in [3.8, 4) is 0 Å². The summed E-state index contributed by atoms with van der Waals surface area (Å²) in [5.41, 5.74) is 1.40. The van der Waals surface area contributed by atoms with Crippen LogP contribution in [0.15, 0.2) is 35.3 Å². The van der Waals surface area contributed by atoms with Gasteiger partial charge in [0, 0.05) is 17.0 Å². The van der Waals surface area contributed by atoms with Gasteiger partial charge in [0.25, 0.3) is 0 Å². The van der Waals surface area contributed by atoms with Crippen molar-refractivity contribution in [2.75, 3.05) is 18.6 Å². The van der Waals surface area contributed by atoms with E-state index >= 15 is 0 Å². The van der Waals surface area contributed by atoms with Crippen molar-refractivity contribution >= 4 is 28.7 Å². The fraction of sp³-hybridized carbons (Fsp3) is 0.500. The lowest BCUT2D eigenvalue weighted by Crippen LogP contribution is -2.29. The third kappa shape index (κ3) is 4.25. The van der Waals surface area contributed by atoms with Gasteiger partial charge in [-0.25, -0.2) is 0 Å². The van der Waals surface area contributed by atoms with Gasteiger partial charge in [0.1, 0.15) is 0 Å². The maximum atomic E-state index is 4.63. The minimum atomic E-state index is 0.528. The quantitative estimate of drug-likeness (QED) is 0.897. The molecule has 0 saturated carbocycles. The average Bonchev–Trinajstić information content (AvgIpc) is 2.85. The number of nitrogens with zero attached hydrogens (tertiary/aromatic N) is 1. The second-order valence-electron chi connectivity index (χ2n) is 4.53. The third-order valence-corrected chi connectivity index (χ3v) is 5.01. The Balaban J connectivity index is 1.81. The highest BCUT2D eigenvalue weighted by Crippen LogP contribution is 2.18. The summed E-state index contributed by atoms with van der Waals surface area (Å²) in [4.78, 5) is 4.63. The summed E-state index contributed by atoms with van der Waals surface area (Å²) < 4.78 is 0. The first-order valence-corrected chi connectivity index (χ1v) is 8.56. The van der Waals surface area contributed by atoms with Gasteiger partial charge in [-0.1, -0.05) is 49.0 Å². The van der Waals surface area contributed by atoms with E-state index in [1.165, 1.54) is 5.56 Å². The van der Waals surface area contributed by atoms with E-state index in [4.69, 9.17) is 0 Å². The second-order valence-corrected chi connectivity index (χ2v) is 6.82. The Hall–Kier alpha value is -0.610. The van der Waals surface area contributed by atoms with Crippen molar-refractivity contribution in [3.05, 3.63) is 35.9 Å². The molecule has 0 spiro atoms. The van der Waals surface area contributed by atoms with Crippen LogP contribution in [0.3, 0.4) is 0 Å². The Labute approximate surface area is 118 Å². The van der Waals surface area contributed by atoms with Gasteiger partial charge in [-0.05, 0) is 18.2 Å². The number of hydrogen-bond donors (Lipinski definition) is 1. The summed E-state index contributed by atoms with van der Waals surface area (Å²) in [6.07, 6.45) is 3.23. The van der Waals surface area contributed by atoms with Crippen LogP contribution in [-0.2, 0) is 6.42 Å². The van der Waals surface area contributed by atoms with Crippen molar-refractivity contribution in [2.45, 2.75) is 24.6 Å². The van der Waals surface area contributed by atoms with Gasteiger partial charge in [0.15, 0.2) is 5.17 Å². The summed E-state index contributed by atoms with van der Waals surface area (Å²) in [5, 5.41) is 5.25. The highest BCUT2D eigenvalue weighted by Gasteiger charge is 2.20. The van der Waals surface area contributed by atoms with Crippen molar-refractivity contribution in [3.63, 3.8) is 0 Å². The van der Waals surface area contributed by atoms with Gasteiger partial charge < -0.3 is 5.32 Å². The molecule has 2 rings (SSSR count). The fourth-order valence-corrected chi connectivity index (χ4v) is 3.02. The van der Waals surface area contributed by atoms with Crippen LogP contribution in [0, 0.1) is 0 Å². The van der Waals surface area contributed by atoms with Crippen LogP contribution in [-0.4, -0.2) is 35.0 Å². The van der Waals surface area contributed by atoms with Crippen molar-refractivity contribution in [2.24, 2.45) is 4.99 Å². The van der Waals surface area contributed by atoms with E-state index in [-0.39, 0.29) is 0 Å². The first-order valence-electron chi connectivity index (χ1n) is 6.28. The predicted molar refractivity (Wildman–Crippen MR) is 84.8 cm³/mol. The summed E-state index contributed by atoms with van der Waals surface area (Å²) in [6, 6.07) is 11.2. The van der Waals surface area contributed by atoms with Crippen LogP contribution in [0.4, 0.5) is 0 Å². The highest BCUT2D eigenvalue weighted by molar-refractivity contribution is 8.14. The molecule has 2 nitrogen and oxygen atoms in total. The lowest BCUT2D eigenvalue weighted by atomic mass is 10.1. The average molecular weight is 280 g/mol. The molecular weight excluding hydrogens is 260 g/mol. The lowest BCUT2D eigenvalue weighted by molar-refractivity contribution is 0.686. The van der Waals surface area contributed by atoms with Gasteiger partial charge in [0.2, 0.25) is 0 Å². The molecule has 2 unspecified atom stereocenters. The summed E-state index contributed by atoms with van der Waals surface area (Å²) >= 11 is 3.72. The van der Waals surface area contributed by atoms with Crippen LogP contribution in [0.25, 0.3) is 0 Å². The van der Waals surface area contributed by atoms with Crippen molar-refractivity contribution in [1.82, 2.24) is 5.32 Å². The topological polar surface area (TPSA) is 24.4 Å². The van der Waals surface area contributed by atoms with Crippen LogP contribution in [0.2, 0.25) is 0 Å². The molecule has 0 amide bonds. The molecule has 0 radical (unpaired) electrons. The van der Waals surface area contributed by atoms with Gasteiger partial charge in [-0.15, -0.1) is 0 Å². The number of aliphatic imine (C=N–C) groups is 1. The van der Waals surface area contributed by atoms with E-state index < -0.39 is 0 Å². The molecule has 0 bridgehead atoms. The van der Waals surface area contributed by atoms with Gasteiger partial charge in [0.05, 0.1) is 6.54 Å². The maximum absolute atomic E-state index is 4.63. The first-order chi connectivity index (χ1) is 8.78. The zero-order valence-corrected chi connectivity index (χ0v) is 12.6.